The van der Waals surface area contributed by atoms with Gasteiger partial charge in [-0.3, -0.25) is 0 Å². The molecule has 0 saturated carbocycles. The van der Waals surface area contributed by atoms with E-state index in [1.54, 1.807) is 48.6 Å². The number of carbonyl (C=O) groups excluding carboxylic acids is 1. The number of nitrogens with zero attached hydrogens (tertiary/aromatic N) is 3. The lowest BCUT2D eigenvalue weighted by Gasteiger charge is -2.36. The van der Waals surface area contributed by atoms with Crippen molar-refractivity contribution in [1.82, 2.24) is 15.0 Å². The first-order chi connectivity index (χ1) is 13.2. The molecule has 1 aliphatic rings. The normalized spacial score (nSPS) is 13.9. The van der Waals surface area contributed by atoms with Gasteiger partial charge in [0, 0.05) is 13.1 Å². The van der Waals surface area contributed by atoms with Gasteiger partial charge in [0.15, 0.2) is 17.3 Å². The monoisotopic (exact) mass is 370 g/mol. The van der Waals surface area contributed by atoms with Crippen molar-refractivity contribution in [2.24, 2.45) is 0 Å². The molecule has 4 rings (SSSR count). The first-order valence-electron chi connectivity index (χ1n) is 8.34. The second kappa shape index (κ2) is 7.02. The Hall–Kier alpha value is -3.49. The zero-order valence-electron chi connectivity index (χ0n) is 14.8. The molecular formula is C18H18N4O5. The zero-order chi connectivity index (χ0) is 18.8. The lowest BCUT2D eigenvalue weighted by atomic mass is 10.0. The molecule has 9 heteroatoms. The van der Waals surface area contributed by atoms with Crippen LogP contribution in [0.2, 0.25) is 0 Å². The van der Waals surface area contributed by atoms with Crippen molar-refractivity contribution in [2.75, 3.05) is 32.6 Å². The number of urea groups is 1. The maximum absolute atomic E-state index is 12.5. The molecule has 2 amide bonds. The molecule has 0 bridgehead atoms. The van der Waals surface area contributed by atoms with E-state index >= 15 is 0 Å². The third-order valence-electron chi connectivity index (χ3n) is 4.35. The summed E-state index contributed by atoms with van der Waals surface area (Å²) in [6.07, 6.45) is 1.55. The minimum Gasteiger partial charge on any atom is -0.493 e. The van der Waals surface area contributed by atoms with Crippen LogP contribution in [0.5, 0.6) is 11.5 Å². The number of furan rings is 1. The standard InChI is InChI=1S/C18H18N4O5/c1-24-13-6-3-5-12(15(13)25-2)19-18(23)22-9-11(10-22)17-20-16(21-27-17)14-7-4-8-26-14/h3-8,11H,9-10H2,1-2H3,(H,19,23). The van der Waals surface area contributed by atoms with Crippen LogP contribution >= 0.6 is 0 Å². The van der Waals surface area contributed by atoms with E-state index in [2.05, 4.69) is 15.5 Å². The van der Waals surface area contributed by atoms with Crippen LogP contribution in [0.15, 0.2) is 45.5 Å². The minimum atomic E-state index is -0.233. The number of nitrogens with one attached hydrogen (secondary N) is 1. The Morgan fingerprint density at radius 2 is 2.07 bits per heavy atom. The van der Waals surface area contributed by atoms with Crippen LogP contribution < -0.4 is 14.8 Å². The minimum absolute atomic E-state index is 0.000771. The smallest absolute Gasteiger partial charge is 0.321 e. The van der Waals surface area contributed by atoms with Crippen molar-refractivity contribution >= 4 is 11.7 Å². The van der Waals surface area contributed by atoms with Crippen LogP contribution in [0.25, 0.3) is 11.6 Å². The molecule has 3 aromatic rings. The topological polar surface area (TPSA) is 103 Å². The molecule has 0 unspecified atom stereocenters. The van der Waals surface area contributed by atoms with Gasteiger partial charge in [0.2, 0.25) is 11.7 Å². The van der Waals surface area contributed by atoms with Gasteiger partial charge in [-0.25, -0.2) is 4.79 Å². The Kier molecular flexibility index (Phi) is 4.41. The summed E-state index contributed by atoms with van der Waals surface area (Å²) in [7, 11) is 3.07. The van der Waals surface area contributed by atoms with Crippen molar-refractivity contribution in [3.8, 4) is 23.1 Å². The number of anilines is 1. The van der Waals surface area contributed by atoms with Crippen molar-refractivity contribution in [3.05, 3.63) is 42.5 Å². The second-order valence-corrected chi connectivity index (χ2v) is 6.01. The van der Waals surface area contributed by atoms with E-state index in [9.17, 15) is 4.79 Å². The van der Waals surface area contributed by atoms with Gasteiger partial charge in [-0.05, 0) is 24.3 Å². The summed E-state index contributed by atoms with van der Waals surface area (Å²) < 4.78 is 21.1. The molecule has 0 spiro atoms. The second-order valence-electron chi connectivity index (χ2n) is 6.01. The molecule has 0 radical (unpaired) electrons. The van der Waals surface area contributed by atoms with Crippen LogP contribution in [-0.2, 0) is 0 Å². The van der Waals surface area contributed by atoms with E-state index in [1.807, 2.05) is 0 Å². The molecule has 1 fully saturated rings. The van der Waals surface area contributed by atoms with Crippen LogP contribution in [0.1, 0.15) is 11.8 Å². The number of benzene rings is 1. The van der Waals surface area contributed by atoms with Crippen LogP contribution in [0.3, 0.4) is 0 Å². The van der Waals surface area contributed by atoms with Crippen LogP contribution in [-0.4, -0.2) is 48.4 Å². The number of amides is 2. The molecule has 27 heavy (non-hydrogen) atoms. The van der Waals surface area contributed by atoms with Gasteiger partial charge >= 0.3 is 6.03 Å². The van der Waals surface area contributed by atoms with Gasteiger partial charge in [0.25, 0.3) is 0 Å². The summed E-state index contributed by atoms with van der Waals surface area (Å²) in [5.74, 6) is 2.46. The van der Waals surface area contributed by atoms with Gasteiger partial charge < -0.3 is 28.6 Å². The number of carbonyl (C=O) groups is 1. The van der Waals surface area contributed by atoms with Gasteiger partial charge in [0.1, 0.15) is 0 Å². The summed E-state index contributed by atoms with van der Waals surface area (Å²) in [6, 6.07) is 8.59. The van der Waals surface area contributed by atoms with Crippen LogP contribution in [0, 0.1) is 0 Å². The first-order valence-corrected chi connectivity index (χ1v) is 8.34. The SMILES string of the molecule is COc1cccc(NC(=O)N2CC(c3nc(-c4ccco4)no3)C2)c1OC. The fourth-order valence-corrected chi connectivity index (χ4v) is 2.89. The number of likely N-dealkylation sites (tertiary alicyclic amines) is 1. The highest BCUT2D eigenvalue weighted by atomic mass is 16.5. The summed E-state index contributed by atoms with van der Waals surface area (Å²) >= 11 is 0. The lowest BCUT2D eigenvalue weighted by molar-refractivity contribution is 0.147. The number of methoxy groups -OCH3 is 2. The average Bonchev–Trinajstić information content (AvgIpc) is 3.31. The molecule has 1 aromatic carbocycles. The highest BCUT2D eigenvalue weighted by Crippen LogP contribution is 2.35. The fraction of sp³-hybridized carbons (Fsp3) is 0.278. The number of hydrogen-bond donors (Lipinski definition) is 1. The van der Waals surface area contributed by atoms with E-state index < -0.39 is 0 Å². The molecule has 0 aliphatic carbocycles. The van der Waals surface area contributed by atoms with Gasteiger partial charge in [-0.2, -0.15) is 4.98 Å². The molecule has 9 nitrogen and oxygen atoms in total. The summed E-state index contributed by atoms with van der Waals surface area (Å²) in [6.45, 7) is 0.968. The summed E-state index contributed by atoms with van der Waals surface area (Å²) in [4.78, 5) is 18.5. The average molecular weight is 370 g/mol. The molecule has 140 valence electrons. The highest BCUT2D eigenvalue weighted by Gasteiger charge is 2.36. The van der Waals surface area contributed by atoms with Crippen molar-refractivity contribution in [2.45, 2.75) is 5.92 Å². The highest BCUT2D eigenvalue weighted by molar-refractivity contribution is 5.92. The number of aromatic nitrogens is 2. The number of rotatable bonds is 5. The molecular weight excluding hydrogens is 352 g/mol. The van der Waals surface area contributed by atoms with Crippen LogP contribution in [0.4, 0.5) is 10.5 Å². The Bertz CT molecular complexity index is 931. The predicted octanol–water partition coefficient (Wildman–Crippen LogP) is 2.98. The van der Waals surface area contributed by atoms with Crippen molar-refractivity contribution in [1.29, 1.82) is 0 Å². The Morgan fingerprint density at radius 1 is 1.22 bits per heavy atom. The third-order valence-corrected chi connectivity index (χ3v) is 4.35. The molecule has 3 heterocycles. The maximum Gasteiger partial charge on any atom is 0.321 e. The Balaban J connectivity index is 1.38. The maximum atomic E-state index is 12.5. The van der Waals surface area contributed by atoms with Crippen molar-refractivity contribution < 1.29 is 23.2 Å². The molecule has 1 aliphatic heterocycles. The summed E-state index contributed by atoms with van der Waals surface area (Å²) in [5, 5.41) is 6.75. The van der Waals surface area contributed by atoms with E-state index in [0.29, 0.717) is 47.8 Å². The van der Waals surface area contributed by atoms with Gasteiger partial charge in [0.05, 0.1) is 32.1 Å². The Morgan fingerprint density at radius 3 is 2.78 bits per heavy atom. The largest absolute Gasteiger partial charge is 0.493 e. The van der Waals surface area contributed by atoms with E-state index in [4.69, 9.17) is 18.4 Å². The van der Waals surface area contributed by atoms with Gasteiger partial charge in [-0.1, -0.05) is 11.2 Å². The molecule has 1 N–H and O–H groups in total. The van der Waals surface area contributed by atoms with E-state index in [0.717, 1.165) is 0 Å². The lowest BCUT2D eigenvalue weighted by Crippen LogP contribution is -2.50. The van der Waals surface area contributed by atoms with E-state index in [1.165, 1.54) is 7.11 Å². The molecule has 2 aromatic heterocycles. The van der Waals surface area contributed by atoms with Crippen molar-refractivity contribution in [3.63, 3.8) is 0 Å². The van der Waals surface area contributed by atoms with E-state index in [-0.39, 0.29) is 11.9 Å². The predicted molar refractivity (Wildman–Crippen MR) is 94.9 cm³/mol. The quantitative estimate of drug-likeness (QED) is 0.736. The zero-order valence-corrected chi connectivity index (χ0v) is 14.8. The number of ether oxygens (including phenoxy) is 2. The van der Waals surface area contributed by atoms with Gasteiger partial charge in [-0.15, -0.1) is 0 Å². The number of para-hydroxylation sites is 1. The number of hydrogen-bond acceptors (Lipinski definition) is 7. The Labute approximate surface area is 154 Å². The molecule has 1 saturated heterocycles. The third kappa shape index (κ3) is 3.19. The molecule has 0 atom stereocenters. The first kappa shape index (κ1) is 17.0. The summed E-state index contributed by atoms with van der Waals surface area (Å²) in [5.41, 5.74) is 0.545. The fourth-order valence-electron chi connectivity index (χ4n) is 2.89.